The molecule has 1 aromatic carbocycles. The molecule has 1 aromatic heterocycles. The first-order chi connectivity index (χ1) is 13.1. The Hall–Kier alpha value is -2.12. The lowest BCUT2D eigenvalue weighted by Crippen LogP contribution is -2.42. The van der Waals surface area contributed by atoms with Crippen LogP contribution in [0.4, 0.5) is 0 Å². The molecule has 1 fully saturated rings. The number of aromatic nitrogens is 1. The van der Waals surface area contributed by atoms with Crippen molar-refractivity contribution in [2.45, 2.75) is 26.3 Å². The SMILES string of the molecule is CCOc1ccc2[nH]c(=O)c(CN(CCN3CCCC3)C(=S)NC)cc2c1. The molecule has 0 bridgehead atoms. The van der Waals surface area contributed by atoms with Crippen molar-refractivity contribution >= 4 is 28.2 Å². The maximum absolute atomic E-state index is 12.6. The molecule has 0 unspecified atom stereocenters. The van der Waals surface area contributed by atoms with Gasteiger partial charge in [-0.15, -0.1) is 0 Å². The number of hydrogen-bond acceptors (Lipinski definition) is 4. The standard InChI is InChI=1S/C20H28N4O2S/c1-3-26-17-6-7-18-15(13-17)12-16(19(25)22-18)14-24(20(27)21-2)11-10-23-8-4-5-9-23/h6-7,12-13H,3-5,8-11,14H2,1-2H3,(H,21,27)(H,22,25). The van der Waals surface area contributed by atoms with Gasteiger partial charge in [-0.1, -0.05) is 0 Å². The number of hydrogen-bond donors (Lipinski definition) is 2. The van der Waals surface area contributed by atoms with Crippen LogP contribution in [0.2, 0.25) is 0 Å². The number of aromatic amines is 1. The Balaban J connectivity index is 1.80. The lowest BCUT2D eigenvalue weighted by Gasteiger charge is -2.27. The predicted molar refractivity (Wildman–Crippen MR) is 113 cm³/mol. The molecule has 146 valence electrons. The Bertz CT molecular complexity index is 845. The second-order valence-corrected chi connectivity index (χ2v) is 7.22. The lowest BCUT2D eigenvalue weighted by molar-refractivity contribution is 0.286. The number of nitrogens with one attached hydrogen (secondary N) is 2. The number of fused-ring (bicyclic) bond motifs is 1. The predicted octanol–water partition coefficient (Wildman–Crippen LogP) is 2.33. The third-order valence-electron chi connectivity index (χ3n) is 4.95. The van der Waals surface area contributed by atoms with Gasteiger partial charge in [0.25, 0.3) is 5.56 Å². The highest BCUT2D eigenvalue weighted by Crippen LogP contribution is 2.19. The number of benzene rings is 1. The molecule has 27 heavy (non-hydrogen) atoms. The highest BCUT2D eigenvalue weighted by Gasteiger charge is 2.16. The van der Waals surface area contributed by atoms with Crippen LogP contribution < -0.4 is 15.6 Å². The van der Waals surface area contributed by atoms with Gasteiger partial charge in [-0.2, -0.15) is 0 Å². The fourth-order valence-electron chi connectivity index (χ4n) is 3.49. The summed E-state index contributed by atoms with van der Waals surface area (Å²) in [7, 11) is 1.82. The maximum atomic E-state index is 12.6. The van der Waals surface area contributed by atoms with Gasteiger partial charge in [0.1, 0.15) is 5.75 Å². The van der Waals surface area contributed by atoms with E-state index in [9.17, 15) is 4.79 Å². The van der Waals surface area contributed by atoms with Crippen LogP contribution in [-0.2, 0) is 6.54 Å². The van der Waals surface area contributed by atoms with Crippen molar-refractivity contribution in [2.24, 2.45) is 0 Å². The maximum Gasteiger partial charge on any atom is 0.253 e. The number of likely N-dealkylation sites (tertiary alicyclic amines) is 1. The summed E-state index contributed by atoms with van der Waals surface area (Å²) in [5.74, 6) is 0.805. The molecule has 3 rings (SSSR count). The molecule has 1 saturated heterocycles. The van der Waals surface area contributed by atoms with Crippen molar-refractivity contribution in [3.05, 3.63) is 40.2 Å². The van der Waals surface area contributed by atoms with E-state index >= 15 is 0 Å². The average Bonchev–Trinajstić information content (AvgIpc) is 3.19. The number of H-pyrrole nitrogens is 1. The molecule has 0 aliphatic carbocycles. The van der Waals surface area contributed by atoms with Gasteiger partial charge in [-0.05, 0) is 69.3 Å². The van der Waals surface area contributed by atoms with Crippen LogP contribution in [0.1, 0.15) is 25.3 Å². The summed E-state index contributed by atoms with van der Waals surface area (Å²) in [6.45, 7) is 7.12. The summed E-state index contributed by atoms with van der Waals surface area (Å²) in [6.07, 6.45) is 2.53. The van der Waals surface area contributed by atoms with Crippen molar-refractivity contribution in [3.8, 4) is 5.75 Å². The molecule has 0 saturated carbocycles. The molecular weight excluding hydrogens is 360 g/mol. The van der Waals surface area contributed by atoms with Gasteiger partial charge in [-0.3, -0.25) is 4.79 Å². The number of pyridine rings is 1. The van der Waals surface area contributed by atoms with Crippen molar-refractivity contribution in [1.29, 1.82) is 0 Å². The second kappa shape index (κ2) is 9.19. The first kappa shape index (κ1) is 19.6. The van der Waals surface area contributed by atoms with E-state index < -0.39 is 0 Å². The Morgan fingerprint density at radius 3 is 2.81 bits per heavy atom. The van der Waals surface area contributed by atoms with Crippen molar-refractivity contribution in [1.82, 2.24) is 20.1 Å². The molecular formula is C20H28N4O2S. The third-order valence-corrected chi connectivity index (χ3v) is 5.41. The van der Waals surface area contributed by atoms with E-state index in [1.54, 1.807) is 0 Å². The fourth-order valence-corrected chi connectivity index (χ4v) is 3.64. The van der Waals surface area contributed by atoms with Gasteiger partial charge in [0.05, 0.1) is 13.2 Å². The summed E-state index contributed by atoms with van der Waals surface area (Å²) >= 11 is 5.47. The minimum Gasteiger partial charge on any atom is -0.494 e. The molecule has 1 aliphatic rings. The van der Waals surface area contributed by atoms with E-state index in [4.69, 9.17) is 17.0 Å². The van der Waals surface area contributed by atoms with Gasteiger partial charge in [0.15, 0.2) is 5.11 Å². The van der Waals surface area contributed by atoms with Crippen LogP contribution in [0.5, 0.6) is 5.75 Å². The molecule has 0 radical (unpaired) electrons. The molecule has 0 spiro atoms. The monoisotopic (exact) mass is 388 g/mol. The molecule has 0 atom stereocenters. The van der Waals surface area contributed by atoms with Crippen molar-refractivity contribution < 1.29 is 4.74 Å². The van der Waals surface area contributed by atoms with Crippen LogP contribution in [0.15, 0.2) is 29.1 Å². The molecule has 1 aliphatic heterocycles. The Morgan fingerprint density at radius 2 is 2.11 bits per heavy atom. The van der Waals surface area contributed by atoms with E-state index in [2.05, 4.69) is 20.1 Å². The smallest absolute Gasteiger partial charge is 0.253 e. The van der Waals surface area contributed by atoms with Crippen LogP contribution in [0, 0.1) is 0 Å². The van der Waals surface area contributed by atoms with Gasteiger partial charge < -0.3 is 24.8 Å². The Morgan fingerprint density at radius 1 is 1.33 bits per heavy atom. The summed E-state index contributed by atoms with van der Waals surface area (Å²) in [4.78, 5) is 20.1. The largest absolute Gasteiger partial charge is 0.494 e. The molecule has 0 amide bonds. The van der Waals surface area contributed by atoms with Gasteiger partial charge >= 0.3 is 0 Å². The van der Waals surface area contributed by atoms with Crippen molar-refractivity contribution in [2.75, 3.05) is 39.8 Å². The normalized spacial score (nSPS) is 14.4. The van der Waals surface area contributed by atoms with E-state index in [0.717, 1.165) is 42.8 Å². The quantitative estimate of drug-likeness (QED) is 0.710. The van der Waals surface area contributed by atoms with E-state index in [-0.39, 0.29) is 5.56 Å². The molecule has 2 aromatic rings. The number of ether oxygens (including phenoxy) is 1. The highest BCUT2D eigenvalue weighted by molar-refractivity contribution is 7.80. The highest BCUT2D eigenvalue weighted by atomic mass is 32.1. The van der Waals surface area contributed by atoms with Gasteiger partial charge in [0.2, 0.25) is 0 Å². The molecule has 2 N–H and O–H groups in total. The summed E-state index contributed by atoms with van der Waals surface area (Å²) in [6, 6.07) is 7.66. The van der Waals surface area contributed by atoms with E-state index in [1.807, 2.05) is 38.2 Å². The summed E-state index contributed by atoms with van der Waals surface area (Å²) < 4.78 is 5.58. The first-order valence-electron chi connectivity index (χ1n) is 9.58. The first-order valence-corrected chi connectivity index (χ1v) is 9.99. The third kappa shape index (κ3) is 4.99. The van der Waals surface area contributed by atoms with Crippen LogP contribution in [-0.4, -0.2) is 59.7 Å². The molecule has 6 nitrogen and oxygen atoms in total. The van der Waals surface area contributed by atoms with E-state index in [1.165, 1.54) is 12.8 Å². The van der Waals surface area contributed by atoms with Crippen LogP contribution in [0.3, 0.4) is 0 Å². The minimum atomic E-state index is -0.0725. The summed E-state index contributed by atoms with van der Waals surface area (Å²) in [5.41, 5.74) is 1.44. The van der Waals surface area contributed by atoms with Gasteiger partial charge in [-0.25, -0.2) is 0 Å². The minimum absolute atomic E-state index is 0.0725. The number of thiocarbonyl (C=S) groups is 1. The zero-order valence-electron chi connectivity index (χ0n) is 16.1. The van der Waals surface area contributed by atoms with Crippen molar-refractivity contribution in [3.63, 3.8) is 0 Å². The fraction of sp³-hybridized carbons (Fsp3) is 0.500. The lowest BCUT2D eigenvalue weighted by atomic mass is 10.1. The molecule has 2 heterocycles. The number of nitrogens with zero attached hydrogens (tertiary/aromatic N) is 2. The number of rotatable bonds is 7. The summed E-state index contributed by atoms with van der Waals surface area (Å²) in [5, 5.41) is 4.68. The zero-order valence-corrected chi connectivity index (χ0v) is 16.9. The van der Waals surface area contributed by atoms with Crippen LogP contribution in [0.25, 0.3) is 10.9 Å². The van der Waals surface area contributed by atoms with E-state index in [0.29, 0.717) is 23.8 Å². The van der Waals surface area contributed by atoms with Gasteiger partial charge in [0, 0.05) is 36.6 Å². The Kier molecular flexibility index (Phi) is 6.68. The zero-order chi connectivity index (χ0) is 19.2. The van der Waals surface area contributed by atoms with Crippen LogP contribution >= 0.6 is 12.2 Å². The topological polar surface area (TPSA) is 60.6 Å². The molecule has 7 heteroatoms. The second-order valence-electron chi connectivity index (χ2n) is 6.83. The average molecular weight is 389 g/mol. The Labute approximate surface area is 165 Å².